The standard InChI is InChI=1S/C16H28N4O/c1-4-8-13-9-6-7-10-20(13)16-11-14(17-3)18-15(19-16)12-21-5-2/h11,13H,4-10,12H2,1-3H3,(H,17,18,19). The lowest BCUT2D eigenvalue weighted by Gasteiger charge is -2.37. The predicted octanol–water partition coefficient (Wildman–Crippen LogP) is 3.21. The van der Waals surface area contributed by atoms with Crippen LogP contribution >= 0.6 is 0 Å². The van der Waals surface area contributed by atoms with Gasteiger partial charge in [0, 0.05) is 32.3 Å². The Labute approximate surface area is 128 Å². The van der Waals surface area contributed by atoms with Gasteiger partial charge in [0.25, 0.3) is 0 Å². The molecule has 0 spiro atoms. The maximum Gasteiger partial charge on any atom is 0.158 e. The molecule has 1 aromatic heterocycles. The normalized spacial score (nSPS) is 18.8. The van der Waals surface area contributed by atoms with Gasteiger partial charge in [0.15, 0.2) is 5.82 Å². The molecule has 2 rings (SSSR count). The maximum atomic E-state index is 5.46. The molecule has 1 fully saturated rings. The Hall–Kier alpha value is -1.36. The molecule has 0 bridgehead atoms. The van der Waals surface area contributed by atoms with E-state index in [-0.39, 0.29) is 0 Å². The highest BCUT2D eigenvalue weighted by Gasteiger charge is 2.23. The van der Waals surface area contributed by atoms with Gasteiger partial charge in [-0.15, -0.1) is 0 Å². The van der Waals surface area contributed by atoms with E-state index in [0.29, 0.717) is 19.3 Å². The summed E-state index contributed by atoms with van der Waals surface area (Å²) in [6, 6.07) is 2.67. The molecule has 0 radical (unpaired) electrons. The average Bonchev–Trinajstić information content (AvgIpc) is 2.53. The van der Waals surface area contributed by atoms with Crippen molar-refractivity contribution < 1.29 is 4.74 Å². The van der Waals surface area contributed by atoms with E-state index in [9.17, 15) is 0 Å². The zero-order valence-corrected chi connectivity index (χ0v) is 13.6. The summed E-state index contributed by atoms with van der Waals surface area (Å²) in [6.45, 7) is 6.51. The maximum absolute atomic E-state index is 5.46. The third-order valence-corrected chi connectivity index (χ3v) is 3.99. The van der Waals surface area contributed by atoms with Crippen molar-refractivity contribution in [3.63, 3.8) is 0 Å². The van der Waals surface area contributed by atoms with E-state index in [1.54, 1.807) is 0 Å². The number of nitrogens with one attached hydrogen (secondary N) is 1. The van der Waals surface area contributed by atoms with Gasteiger partial charge in [-0.3, -0.25) is 0 Å². The average molecular weight is 292 g/mol. The van der Waals surface area contributed by atoms with Crippen LogP contribution in [-0.2, 0) is 11.3 Å². The first-order chi connectivity index (χ1) is 10.3. The molecule has 0 saturated carbocycles. The van der Waals surface area contributed by atoms with Crippen LogP contribution < -0.4 is 10.2 Å². The predicted molar refractivity (Wildman–Crippen MR) is 86.8 cm³/mol. The van der Waals surface area contributed by atoms with Gasteiger partial charge in [0.1, 0.15) is 18.2 Å². The van der Waals surface area contributed by atoms with Crippen LogP contribution in [0.1, 0.15) is 51.8 Å². The second kappa shape index (κ2) is 8.17. The number of rotatable bonds is 7. The summed E-state index contributed by atoms with van der Waals surface area (Å²) in [5, 5.41) is 3.14. The Kier molecular flexibility index (Phi) is 6.23. The van der Waals surface area contributed by atoms with Crippen molar-refractivity contribution in [2.24, 2.45) is 0 Å². The SMILES string of the molecule is CCCC1CCCCN1c1cc(NC)nc(COCC)n1. The van der Waals surface area contributed by atoms with E-state index >= 15 is 0 Å². The minimum Gasteiger partial charge on any atom is -0.374 e. The third-order valence-electron chi connectivity index (χ3n) is 3.99. The Morgan fingerprint density at radius 1 is 1.33 bits per heavy atom. The van der Waals surface area contributed by atoms with Gasteiger partial charge in [-0.2, -0.15) is 0 Å². The molecule has 1 atom stereocenters. The van der Waals surface area contributed by atoms with Gasteiger partial charge in [-0.25, -0.2) is 9.97 Å². The quantitative estimate of drug-likeness (QED) is 0.836. The second-order valence-electron chi connectivity index (χ2n) is 5.55. The fourth-order valence-corrected chi connectivity index (χ4v) is 2.95. The van der Waals surface area contributed by atoms with E-state index in [1.807, 2.05) is 14.0 Å². The lowest BCUT2D eigenvalue weighted by atomic mass is 9.98. The minimum absolute atomic E-state index is 0.477. The van der Waals surface area contributed by atoms with Gasteiger partial charge < -0.3 is 15.0 Å². The van der Waals surface area contributed by atoms with Crippen molar-refractivity contribution in [2.75, 3.05) is 30.4 Å². The highest BCUT2D eigenvalue weighted by atomic mass is 16.5. The van der Waals surface area contributed by atoms with Gasteiger partial charge in [0.2, 0.25) is 0 Å². The zero-order chi connectivity index (χ0) is 15.1. The Morgan fingerprint density at radius 3 is 2.90 bits per heavy atom. The number of hydrogen-bond acceptors (Lipinski definition) is 5. The summed E-state index contributed by atoms with van der Waals surface area (Å²) in [6.07, 6.45) is 6.31. The Bertz CT molecular complexity index is 436. The van der Waals surface area contributed by atoms with Crippen LogP contribution in [0.4, 0.5) is 11.6 Å². The van der Waals surface area contributed by atoms with Gasteiger partial charge in [0.05, 0.1) is 0 Å². The van der Waals surface area contributed by atoms with Gasteiger partial charge >= 0.3 is 0 Å². The monoisotopic (exact) mass is 292 g/mol. The molecule has 1 aliphatic heterocycles. The summed E-state index contributed by atoms with van der Waals surface area (Å²) in [4.78, 5) is 11.7. The van der Waals surface area contributed by atoms with Crippen LogP contribution in [0.5, 0.6) is 0 Å². The molecular formula is C16H28N4O. The first kappa shape index (κ1) is 16.0. The van der Waals surface area contributed by atoms with Crippen molar-refractivity contribution >= 4 is 11.6 Å². The van der Waals surface area contributed by atoms with Crippen LogP contribution in [0.15, 0.2) is 6.07 Å². The summed E-state index contributed by atoms with van der Waals surface area (Å²) in [7, 11) is 1.90. The molecule has 2 heterocycles. The molecule has 0 aliphatic carbocycles. The summed E-state index contributed by atoms with van der Waals surface area (Å²) in [5.41, 5.74) is 0. The molecule has 5 heteroatoms. The number of aromatic nitrogens is 2. The fraction of sp³-hybridized carbons (Fsp3) is 0.750. The lowest BCUT2D eigenvalue weighted by molar-refractivity contribution is 0.128. The molecule has 1 unspecified atom stereocenters. The third kappa shape index (κ3) is 4.30. The lowest BCUT2D eigenvalue weighted by Crippen LogP contribution is -2.40. The van der Waals surface area contributed by atoms with Crippen LogP contribution in [-0.4, -0.2) is 36.2 Å². The summed E-state index contributed by atoms with van der Waals surface area (Å²) in [5.74, 6) is 2.68. The largest absolute Gasteiger partial charge is 0.374 e. The highest BCUT2D eigenvalue weighted by molar-refractivity contribution is 5.50. The minimum atomic E-state index is 0.477. The second-order valence-corrected chi connectivity index (χ2v) is 5.55. The topological polar surface area (TPSA) is 50.3 Å². The molecule has 1 aliphatic rings. The van der Waals surface area contributed by atoms with Crippen LogP contribution in [0.25, 0.3) is 0 Å². The van der Waals surface area contributed by atoms with Crippen molar-refractivity contribution in [1.29, 1.82) is 0 Å². The van der Waals surface area contributed by atoms with Crippen molar-refractivity contribution in [2.45, 2.75) is 58.6 Å². The van der Waals surface area contributed by atoms with Crippen LogP contribution in [0.3, 0.4) is 0 Å². The smallest absolute Gasteiger partial charge is 0.158 e. The van der Waals surface area contributed by atoms with Crippen molar-refractivity contribution in [3.8, 4) is 0 Å². The molecular weight excluding hydrogens is 264 g/mol. The van der Waals surface area contributed by atoms with Crippen molar-refractivity contribution in [1.82, 2.24) is 9.97 Å². The molecule has 1 saturated heterocycles. The van der Waals surface area contributed by atoms with E-state index in [1.165, 1.54) is 32.1 Å². The first-order valence-electron chi connectivity index (χ1n) is 8.18. The Morgan fingerprint density at radius 2 is 2.19 bits per heavy atom. The summed E-state index contributed by atoms with van der Waals surface area (Å²) < 4.78 is 5.46. The highest BCUT2D eigenvalue weighted by Crippen LogP contribution is 2.27. The number of ether oxygens (including phenoxy) is 1. The molecule has 5 nitrogen and oxygen atoms in total. The summed E-state index contributed by atoms with van der Waals surface area (Å²) >= 11 is 0. The molecule has 0 amide bonds. The molecule has 1 N–H and O–H groups in total. The number of piperidine rings is 1. The number of hydrogen-bond donors (Lipinski definition) is 1. The van der Waals surface area contributed by atoms with E-state index < -0.39 is 0 Å². The van der Waals surface area contributed by atoms with Gasteiger partial charge in [-0.05, 0) is 32.6 Å². The fourth-order valence-electron chi connectivity index (χ4n) is 2.95. The van der Waals surface area contributed by atoms with Gasteiger partial charge in [-0.1, -0.05) is 13.3 Å². The molecule has 118 valence electrons. The molecule has 0 aromatic carbocycles. The van der Waals surface area contributed by atoms with E-state index in [4.69, 9.17) is 9.72 Å². The first-order valence-corrected chi connectivity index (χ1v) is 8.18. The van der Waals surface area contributed by atoms with E-state index in [2.05, 4.69) is 28.2 Å². The zero-order valence-electron chi connectivity index (χ0n) is 13.6. The van der Waals surface area contributed by atoms with Crippen molar-refractivity contribution in [3.05, 3.63) is 11.9 Å². The number of anilines is 2. The van der Waals surface area contributed by atoms with E-state index in [0.717, 1.165) is 24.0 Å². The molecule has 1 aromatic rings. The van der Waals surface area contributed by atoms with Crippen LogP contribution in [0, 0.1) is 0 Å². The number of nitrogens with zero attached hydrogens (tertiary/aromatic N) is 3. The Balaban J connectivity index is 2.22. The molecule has 21 heavy (non-hydrogen) atoms. The van der Waals surface area contributed by atoms with Crippen LogP contribution in [0.2, 0.25) is 0 Å².